The molecule has 1 fully saturated rings. The summed E-state index contributed by atoms with van der Waals surface area (Å²) in [5, 5.41) is 0. The summed E-state index contributed by atoms with van der Waals surface area (Å²) in [6.07, 6.45) is 5.77. The van der Waals surface area contributed by atoms with E-state index < -0.39 is 0 Å². The molecule has 1 atom stereocenters. The Hall–Kier alpha value is -1.62. The molecule has 1 aliphatic heterocycles. The quantitative estimate of drug-likeness (QED) is 0.757. The maximum Gasteiger partial charge on any atom is 0.333 e. The third kappa shape index (κ3) is 2.31. The average molecular weight is 250 g/mol. The van der Waals surface area contributed by atoms with Crippen LogP contribution in [0.2, 0.25) is 0 Å². The highest BCUT2D eigenvalue weighted by Crippen LogP contribution is 2.20. The van der Waals surface area contributed by atoms with Gasteiger partial charge in [0.25, 0.3) is 5.56 Å². The van der Waals surface area contributed by atoms with Crippen LogP contribution in [0.5, 0.6) is 0 Å². The number of aromatic nitrogens is 2. The van der Waals surface area contributed by atoms with E-state index in [1.54, 1.807) is 19.2 Å². The lowest BCUT2D eigenvalue weighted by molar-refractivity contribution is -0.0357. The Morgan fingerprint density at radius 3 is 2.89 bits per heavy atom. The van der Waals surface area contributed by atoms with Gasteiger partial charge in [-0.2, -0.15) is 0 Å². The van der Waals surface area contributed by atoms with E-state index in [4.69, 9.17) is 4.74 Å². The van der Waals surface area contributed by atoms with Crippen molar-refractivity contribution < 1.29 is 4.74 Å². The first-order chi connectivity index (χ1) is 8.65. The maximum absolute atomic E-state index is 12.2. The molecule has 0 radical (unpaired) electrons. The molecule has 2 rings (SSSR count). The van der Waals surface area contributed by atoms with E-state index in [-0.39, 0.29) is 24.0 Å². The molecule has 1 aromatic heterocycles. The number of rotatable bonds is 3. The number of ether oxygens (including phenoxy) is 1. The lowest BCUT2D eigenvalue weighted by Gasteiger charge is -2.25. The van der Waals surface area contributed by atoms with E-state index in [0.717, 1.165) is 19.3 Å². The molecule has 0 aromatic carbocycles. The van der Waals surface area contributed by atoms with Gasteiger partial charge in [0.15, 0.2) is 0 Å². The van der Waals surface area contributed by atoms with E-state index in [0.29, 0.717) is 12.2 Å². The zero-order chi connectivity index (χ0) is 13.1. The van der Waals surface area contributed by atoms with Crippen LogP contribution in [0, 0.1) is 6.92 Å². The van der Waals surface area contributed by atoms with Gasteiger partial charge >= 0.3 is 5.69 Å². The molecule has 0 N–H and O–H groups in total. The van der Waals surface area contributed by atoms with Crippen molar-refractivity contribution >= 4 is 0 Å². The maximum atomic E-state index is 12.2. The molecule has 5 nitrogen and oxygen atoms in total. The second kappa shape index (κ2) is 5.35. The van der Waals surface area contributed by atoms with Gasteiger partial charge in [0.05, 0.1) is 0 Å². The van der Waals surface area contributed by atoms with E-state index in [9.17, 15) is 9.59 Å². The van der Waals surface area contributed by atoms with Crippen LogP contribution in [0.25, 0.3) is 0 Å². The van der Waals surface area contributed by atoms with Gasteiger partial charge in [0.2, 0.25) is 0 Å². The molecule has 18 heavy (non-hydrogen) atoms. The summed E-state index contributed by atoms with van der Waals surface area (Å²) >= 11 is 0. The van der Waals surface area contributed by atoms with Gasteiger partial charge in [-0.05, 0) is 26.2 Å². The fourth-order valence-corrected chi connectivity index (χ4v) is 2.20. The van der Waals surface area contributed by atoms with Crippen LogP contribution >= 0.6 is 0 Å². The highest BCUT2D eigenvalue weighted by Gasteiger charge is 2.19. The van der Waals surface area contributed by atoms with E-state index in [1.165, 1.54) is 9.13 Å². The van der Waals surface area contributed by atoms with Crippen molar-refractivity contribution in [2.75, 3.05) is 6.61 Å². The summed E-state index contributed by atoms with van der Waals surface area (Å²) in [6, 6.07) is 0. The van der Waals surface area contributed by atoms with Gasteiger partial charge in [0.1, 0.15) is 6.23 Å². The predicted octanol–water partition coefficient (Wildman–Crippen LogP) is 1.20. The summed E-state index contributed by atoms with van der Waals surface area (Å²) in [5.74, 6) is 0. The van der Waals surface area contributed by atoms with Gasteiger partial charge in [0, 0.05) is 24.9 Å². The van der Waals surface area contributed by atoms with E-state index in [2.05, 4.69) is 6.58 Å². The molecule has 0 saturated carbocycles. The van der Waals surface area contributed by atoms with Crippen molar-refractivity contribution in [2.45, 2.75) is 39.0 Å². The van der Waals surface area contributed by atoms with Crippen LogP contribution in [-0.4, -0.2) is 15.7 Å². The zero-order valence-corrected chi connectivity index (χ0v) is 10.6. The Morgan fingerprint density at radius 1 is 1.50 bits per heavy atom. The van der Waals surface area contributed by atoms with Crippen LogP contribution in [0.1, 0.15) is 31.1 Å². The normalized spacial score (nSPS) is 19.7. The Kier molecular flexibility index (Phi) is 3.81. The van der Waals surface area contributed by atoms with Crippen LogP contribution in [0.4, 0.5) is 0 Å². The monoisotopic (exact) mass is 250 g/mol. The SMILES string of the molecule is C=CCn1c(=O)c(C)cn(C2CCCCO2)c1=O. The molecule has 0 aliphatic carbocycles. The Labute approximate surface area is 105 Å². The van der Waals surface area contributed by atoms with E-state index in [1.807, 2.05) is 0 Å². The number of hydrogen-bond acceptors (Lipinski definition) is 3. The van der Waals surface area contributed by atoms with Gasteiger partial charge in [-0.15, -0.1) is 6.58 Å². The van der Waals surface area contributed by atoms with E-state index >= 15 is 0 Å². The molecule has 1 aliphatic rings. The minimum atomic E-state index is -0.322. The third-order valence-electron chi connectivity index (χ3n) is 3.14. The molecule has 1 saturated heterocycles. The van der Waals surface area contributed by atoms with Crippen LogP contribution < -0.4 is 11.2 Å². The molecule has 0 amide bonds. The molecule has 0 spiro atoms. The van der Waals surface area contributed by atoms with Crippen LogP contribution in [0.15, 0.2) is 28.4 Å². The largest absolute Gasteiger partial charge is 0.358 e. The van der Waals surface area contributed by atoms with Gasteiger partial charge in [-0.1, -0.05) is 6.08 Å². The van der Waals surface area contributed by atoms with Gasteiger partial charge in [-0.3, -0.25) is 13.9 Å². The number of aryl methyl sites for hydroxylation is 1. The first-order valence-electron chi connectivity index (χ1n) is 6.20. The Bertz CT molecular complexity index is 550. The summed E-state index contributed by atoms with van der Waals surface area (Å²) in [6.45, 7) is 6.17. The van der Waals surface area contributed by atoms with Gasteiger partial charge < -0.3 is 4.74 Å². The Morgan fingerprint density at radius 2 is 2.28 bits per heavy atom. The summed E-state index contributed by atoms with van der Waals surface area (Å²) in [7, 11) is 0. The fraction of sp³-hybridized carbons (Fsp3) is 0.538. The highest BCUT2D eigenvalue weighted by atomic mass is 16.5. The molecule has 1 aromatic rings. The number of nitrogens with zero attached hydrogens (tertiary/aromatic N) is 2. The van der Waals surface area contributed by atoms with Crippen LogP contribution in [0.3, 0.4) is 0 Å². The molecule has 5 heteroatoms. The Balaban J connectivity index is 2.50. The molecule has 2 heterocycles. The second-order valence-electron chi connectivity index (χ2n) is 4.53. The first-order valence-corrected chi connectivity index (χ1v) is 6.20. The third-order valence-corrected chi connectivity index (χ3v) is 3.14. The minimum absolute atomic E-state index is 0.228. The topological polar surface area (TPSA) is 53.2 Å². The predicted molar refractivity (Wildman–Crippen MR) is 68.7 cm³/mol. The molecule has 98 valence electrons. The lowest BCUT2D eigenvalue weighted by atomic mass is 10.2. The lowest BCUT2D eigenvalue weighted by Crippen LogP contribution is -2.42. The van der Waals surface area contributed by atoms with Crippen LogP contribution in [-0.2, 0) is 11.3 Å². The smallest absolute Gasteiger partial charge is 0.333 e. The van der Waals surface area contributed by atoms with Gasteiger partial charge in [-0.25, -0.2) is 4.79 Å². The molecule has 1 unspecified atom stereocenters. The number of allylic oxidation sites excluding steroid dienone is 1. The van der Waals surface area contributed by atoms with Crippen molar-refractivity contribution in [3.63, 3.8) is 0 Å². The van der Waals surface area contributed by atoms with Crippen molar-refractivity contribution in [1.29, 1.82) is 0 Å². The molecule has 0 bridgehead atoms. The summed E-state index contributed by atoms with van der Waals surface area (Å²) in [4.78, 5) is 24.1. The first kappa shape index (κ1) is 12.8. The van der Waals surface area contributed by atoms with Crippen molar-refractivity contribution in [1.82, 2.24) is 9.13 Å². The summed E-state index contributed by atoms with van der Waals surface area (Å²) < 4.78 is 8.32. The number of hydrogen-bond donors (Lipinski definition) is 0. The average Bonchev–Trinajstić information content (AvgIpc) is 2.40. The van der Waals surface area contributed by atoms with Crippen molar-refractivity contribution in [3.8, 4) is 0 Å². The highest BCUT2D eigenvalue weighted by molar-refractivity contribution is 5.04. The van der Waals surface area contributed by atoms with Crippen molar-refractivity contribution in [3.05, 3.63) is 45.3 Å². The molecular weight excluding hydrogens is 232 g/mol. The standard InChI is InChI=1S/C13H18N2O3/c1-3-7-14-12(16)10(2)9-15(13(14)17)11-6-4-5-8-18-11/h3,9,11H,1,4-8H2,2H3. The fourth-order valence-electron chi connectivity index (χ4n) is 2.20. The zero-order valence-electron chi connectivity index (χ0n) is 10.6. The minimum Gasteiger partial charge on any atom is -0.358 e. The second-order valence-corrected chi connectivity index (χ2v) is 4.53. The summed E-state index contributed by atoms with van der Waals surface area (Å²) in [5.41, 5.74) is -0.0324. The van der Waals surface area contributed by atoms with Crippen molar-refractivity contribution in [2.24, 2.45) is 0 Å². The molecular formula is C13H18N2O3.